The Morgan fingerprint density at radius 2 is 2.08 bits per heavy atom. The number of hydrogen-bond acceptors (Lipinski definition) is 2. The number of methoxy groups -OCH3 is 1. The fraction of sp³-hybridized carbons (Fsp3) is 0.364. The van der Waals surface area contributed by atoms with Crippen LogP contribution in [0.3, 0.4) is 0 Å². The predicted octanol–water partition coefficient (Wildman–Crippen LogP) is 5.89. The molecule has 1 unspecified atom stereocenters. The van der Waals surface area contributed by atoms with Gasteiger partial charge in [0.25, 0.3) is 0 Å². The normalized spacial score (nSPS) is 16.6. The number of ether oxygens (including phenoxy) is 1. The Labute approximate surface area is 158 Å². The van der Waals surface area contributed by atoms with Crippen LogP contribution in [-0.2, 0) is 11.2 Å². The summed E-state index contributed by atoms with van der Waals surface area (Å²) in [5.41, 5.74) is 4.61. The Bertz CT molecular complexity index is 946. The van der Waals surface area contributed by atoms with Gasteiger partial charge in [-0.05, 0) is 53.8 Å². The first-order chi connectivity index (χ1) is 12.6. The maximum atomic E-state index is 14.4. The molecule has 0 bridgehead atoms. The molecule has 1 aliphatic rings. The zero-order valence-electron chi connectivity index (χ0n) is 15.4. The highest BCUT2D eigenvalue weighted by atomic mass is 32.2. The van der Waals surface area contributed by atoms with Crippen LogP contribution in [0.15, 0.2) is 42.6 Å². The third kappa shape index (κ3) is 2.71. The molecular formula is C22H24FNOS. The molecule has 136 valence electrons. The fourth-order valence-electron chi connectivity index (χ4n) is 4.18. The van der Waals surface area contributed by atoms with Crippen molar-refractivity contribution < 1.29 is 9.13 Å². The van der Waals surface area contributed by atoms with Crippen LogP contribution < -0.4 is 4.74 Å². The Balaban J connectivity index is 1.89. The summed E-state index contributed by atoms with van der Waals surface area (Å²) in [7, 11) is 1.51. The molecule has 0 radical (unpaired) electrons. The van der Waals surface area contributed by atoms with Crippen LogP contribution in [0.4, 0.5) is 4.39 Å². The van der Waals surface area contributed by atoms with Crippen molar-refractivity contribution in [2.24, 2.45) is 5.92 Å². The van der Waals surface area contributed by atoms with E-state index in [0.29, 0.717) is 11.7 Å². The Morgan fingerprint density at radius 3 is 2.73 bits per heavy atom. The lowest BCUT2D eigenvalue weighted by molar-refractivity contribution is 0.384. The topological polar surface area (TPSA) is 25.0 Å². The molecule has 1 fully saturated rings. The monoisotopic (exact) mass is 369 g/mol. The Kier molecular flexibility index (Phi) is 4.47. The third-order valence-corrected chi connectivity index (χ3v) is 6.41. The number of benzene rings is 2. The lowest BCUT2D eigenvalue weighted by atomic mass is 9.72. The Morgan fingerprint density at radius 1 is 1.27 bits per heavy atom. The standard InChI is InChI=1S/C22H24FNOS/c1-22(15-7-8-15,16-9-10-20(25-2)19(23)11-16)18-12-24-21-14(13-26-3)5-4-6-17(18)21/h4-6,9-12,15,24H,7-8,13H2,1-3H3. The highest BCUT2D eigenvalue weighted by Gasteiger charge is 2.45. The van der Waals surface area contributed by atoms with Crippen LogP contribution in [-0.4, -0.2) is 18.3 Å². The number of para-hydroxylation sites is 1. The fourth-order valence-corrected chi connectivity index (χ4v) is 4.74. The molecule has 1 aromatic heterocycles. The van der Waals surface area contributed by atoms with E-state index in [-0.39, 0.29) is 11.2 Å². The van der Waals surface area contributed by atoms with Crippen molar-refractivity contribution in [1.82, 2.24) is 4.98 Å². The van der Waals surface area contributed by atoms with E-state index >= 15 is 0 Å². The van der Waals surface area contributed by atoms with Gasteiger partial charge in [0.15, 0.2) is 11.6 Å². The minimum Gasteiger partial charge on any atom is -0.494 e. The second-order valence-electron chi connectivity index (χ2n) is 7.30. The van der Waals surface area contributed by atoms with Gasteiger partial charge in [-0.15, -0.1) is 0 Å². The van der Waals surface area contributed by atoms with Crippen molar-refractivity contribution in [3.05, 3.63) is 65.1 Å². The van der Waals surface area contributed by atoms with E-state index in [0.717, 1.165) is 11.3 Å². The zero-order valence-corrected chi connectivity index (χ0v) is 16.3. The molecule has 0 spiro atoms. The maximum Gasteiger partial charge on any atom is 0.165 e. The molecule has 2 aromatic carbocycles. The van der Waals surface area contributed by atoms with Gasteiger partial charge in [-0.2, -0.15) is 11.8 Å². The molecule has 4 heteroatoms. The van der Waals surface area contributed by atoms with Gasteiger partial charge in [0.05, 0.1) is 7.11 Å². The summed E-state index contributed by atoms with van der Waals surface area (Å²) in [6, 6.07) is 11.9. The molecule has 0 amide bonds. The largest absolute Gasteiger partial charge is 0.494 e. The molecule has 4 rings (SSSR count). The summed E-state index contributed by atoms with van der Waals surface area (Å²) in [4.78, 5) is 3.51. The van der Waals surface area contributed by atoms with Crippen molar-refractivity contribution in [3.8, 4) is 5.75 Å². The minimum atomic E-state index is -0.292. The third-order valence-electron chi connectivity index (χ3n) is 5.81. The van der Waals surface area contributed by atoms with E-state index in [2.05, 4.69) is 42.6 Å². The molecule has 1 N–H and O–H groups in total. The molecule has 3 aromatic rings. The molecule has 1 aliphatic carbocycles. The van der Waals surface area contributed by atoms with Gasteiger partial charge >= 0.3 is 0 Å². The maximum absolute atomic E-state index is 14.4. The quantitative estimate of drug-likeness (QED) is 0.585. The van der Waals surface area contributed by atoms with Crippen molar-refractivity contribution in [3.63, 3.8) is 0 Å². The van der Waals surface area contributed by atoms with Crippen LogP contribution in [0.2, 0.25) is 0 Å². The number of H-pyrrole nitrogens is 1. The van der Waals surface area contributed by atoms with E-state index in [1.54, 1.807) is 12.1 Å². The first kappa shape index (κ1) is 17.5. The van der Waals surface area contributed by atoms with Crippen molar-refractivity contribution in [2.45, 2.75) is 30.9 Å². The first-order valence-electron chi connectivity index (χ1n) is 9.02. The van der Waals surface area contributed by atoms with Crippen LogP contribution in [0.1, 0.15) is 36.5 Å². The molecule has 0 aliphatic heterocycles. The van der Waals surface area contributed by atoms with Gasteiger partial charge in [-0.1, -0.05) is 31.2 Å². The second kappa shape index (κ2) is 6.66. The van der Waals surface area contributed by atoms with Crippen LogP contribution in [0.5, 0.6) is 5.75 Å². The summed E-state index contributed by atoms with van der Waals surface area (Å²) in [5, 5.41) is 1.25. The molecule has 0 saturated heterocycles. The number of nitrogens with one attached hydrogen (secondary N) is 1. The summed E-state index contributed by atoms with van der Waals surface area (Å²) in [6.07, 6.45) is 6.62. The molecule has 1 atom stereocenters. The predicted molar refractivity (Wildman–Crippen MR) is 108 cm³/mol. The number of rotatable bonds is 6. The summed E-state index contributed by atoms with van der Waals surface area (Å²) in [6.45, 7) is 2.26. The lowest BCUT2D eigenvalue weighted by Gasteiger charge is -2.31. The highest BCUT2D eigenvalue weighted by molar-refractivity contribution is 7.97. The van der Waals surface area contributed by atoms with E-state index in [4.69, 9.17) is 4.74 Å². The second-order valence-corrected chi connectivity index (χ2v) is 8.17. The molecule has 1 saturated carbocycles. The summed E-state index contributed by atoms with van der Waals surface area (Å²) < 4.78 is 19.6. The average Bonchev–Trinajstić information content (AvgIpc) is 3.41. The summed E-state index contributed by atoms with van der Waals surface area (Å²) in [5.74, 6) is 1.53. The van der Waals surface area contributed by atoms with Crippen LogP contribution in [0.25, 0.3) is 10.9 Å². The number of halogens is 1. The SMILES string of the molecule is COc1ccc(C(C)(c2c[nH]c3c(CSC)cccc23)C2CC2)cc1F. The van der Waals surface area contributed by atoms with E-state index in [1.807, 2.05) is 17.8 Å². The number of aromatic nitrogens is 1. The van der Waals surface area contributed by atoms with Crippen molar-refractivity contribution >= 4 is 22.7 Å². The number of fused-ring (bicyclic) bond motifs is 1. The lowest BCUT2D eigenvalue weighted by Crippen LogP contribution is -2.26. The van der Waals surface area contributed by atoms with Gasteiger partial charge in [0, 0.05) is 28.3 Å². The number of hydrogen-bond donors (Lipinski definition) is 1. The number of aromatic amines is 1. The van der Waals surface area contributed by atoms with E-state index in [1.165, 1.54) is 42.0 Å². The highest BCUT2D eigenvalue weighted by Crippen LogP contribution is 2.53. The van der Waals surface area contributed by atoms with E-state index in [9.17, 15) is 4.39 Å². The molecule has 2 nitrogen and oxygen atoms in total. The van der Waals surface area contributed by atoms with Crippen LogP contribution >= 0.6 is 11.8 Å². The zero-order chi connectivity index (χ0) is 18.3. The average molecular weight is 370 g/mol. The molecule has 1 heterocycles. The van der Waals surface area contributed by atoms with Gasteiger partial charge in [0.2, 0.25) is 0 Å². The van der Waals surface area contributed by atoms with Crippen LogP contribution in [0, 0.1) is 11.7 Å². The smallest absolute Gasteiger partial charge is 0.165 e. The molecule has 26 heavy (non-hydrogen) atoms. The van der Waals surface area contributed by atoms with Crippen molar-refractivity contribution in [1.29, 1.82) is 0 Å². The molecular weight excluding hydrogens is 345 g/mol. The number of thioether (sulfide) groups is 1. The van der Waals surface area contributed by atoms with Gasteiger partial charge in [0.1, 0.15) is 0 Å². The first-order valence-corrected chi connectivity index (χ1v) is 10.4. The van der Waals surface area contributed by atoms with Gasteiger partial charge < -0.3 is 9.72 Å². The minimum absolute atomic E-state index is 0.205. The summed E-state index contributed by atoms with van der Waals surface area (Å²) >= 11 is 1.82. The Hall–Kier alpha value is -1.94. The van der Waals surface area contributed by atoms with Gasteiger partial charge in [-0.25, -0.2) is 4.39 Å². The van der Waals surface area contributed by atoms with Gasteiger partial charge in [-0.3, -0.25) is 0 Å². The van der Waals surface area contributed by atoms with Crippen molar-refractivity contribution in [2.75, 3.05) is 13.4 Å². The van der Waals surface area contributed by atoms with E-state index < -0.39 is 0 Å².